The molecule has 6 nitrogen and oxygen atoms in total. The number of aryl methyl sites for hydroxylation is 1. The summed E-state index contributed by atoms with van der Waals surface area (Å²) in [4.78, 5) is 31.9. The molecule has 2 unspecified atom stereocenters. The molecule has 4 aliphatic carbocycles. The van der Waals surface area contributed by atoms with Gasteiger partial charge in [0, 0.05) is 26.2 Å². The molecular weight excluding hydrogens is 438 g/mol. The highest BCUT2D eigenvalue weighted by Crippen LogP contribution is 2.60. The quantitative estimate of drug-likeness (QED) is 0.676. The average molecular weight is 480 g/mol. The van der Waals surface area contributed by atoms with Crippen LogP contribution >= 0.6 is 0 Å². The molecule has 2 aliphatic heterocycles. The number of carbonyl (C=O) groups is 2. The molecule has 6 heteroatoms. The number of nitrogens with zero attached hydrogens (tertiary/aromatic N) is 2. The van der Waals surface area contributed by atoms with Gasteiger partial charge in [-0.1, -0.05) is 29.8 Å². The van der Waals surface area contributed by atoms with Gasteiger partial charge in [0.15, 0.2) is 0 Å². The highest BCUT2D eigenvalue weighted by atomic mass is 16.5. The minimum absolute atomic E-state index is 0.0333. The lowest BCUT2D eigenvalue weighted by atomic mass is 9.49. The van der Waals surface area contributed by atoms with Crippen LogP contribution in [0, 0.1) is 30.1 Å². The maximum absolute atomic E-state index is 14.0. The Kier molecular flexibility index (Phi) is 6.38. The fourth-order valence-electron chi connectivity index (χ4n) is 8.41. The first kappa shape index (κ1) is 23.5. The molecule has 1 N–H and O–H groups in total. The van der Waals surface area contributed by atoms with Crippen molar-refractivity contribution in [1.82, 2.24) is 15.1 Å². The molecule has 1 aromatic rings. The Morgan fingerprint density at radius 1 is 1.00 bits per heavy atom. The van der Waals surface area contributed by atoms with Gasteiger partial charge in [0.25, 0.3) is 0 Å². The van der Waals surface area contributed by atoms with Crippen LogP contribution in [0.15, 0.2) is 24.3 Å². The first-order chi connectivity index (χ1) is 17.0. The minimum Gasteiger partial charge on any atom is -0.379 e. The number of amides is 2. The van der Waals surface area contributed by atoms with Crippen LogP contribution in [0.1, 0.15) is 68.5 Å². The van der Waals surface area contributed by atoms with Gasteiger partial charge in [-0.25, -0.2) is 0 Å². The summed E-state index contributed by atoms with van der Waals surface area (Å²) in [5.74, 6) is 2.56. The van der Waals surface area contributed by atoms with Crippen molar-refractivity contribution < 1.29 is 14.3 Å². The molecule has 190 valence electrons. The Morgan fingerprint density at radius 2 is 1.63 bits per heavy atom. The van der Waals surface area contributed by atoms with E-state index in [1.165, 1.54) is 30.4 Å². The van der Waals surface area contributed by atoms with E-state index in [4.69, 9.17) is 4.74 Å². The van der Waals surface area contributed by atoms with Gasteiger partial charge < -0.3 is 15.0 Å². The van der Waals surface area contributed by atoms with Crippen molar-refractivity contribution in [2.24, 2.45) is 23.2 Å². The maximum Gasteiger partial charge on any atom is 0.242 e. The SMILES string of the molecule is Cc1ccc(C(CNC(=O)C2CCCN2C(=O)C23CC4CC(CC(C4)C2)C3)N2CCOCC2)cc1. The molecule has 2 amide bonds. The summed E-state index contributed by atoms with van der Waals surface area (Å²) in [7, 11) is 0. The molecule has 2 heterocycles. The minimum atomic E-state index is -0.307. The molecule has 2 saturated heterocycles. The van der Waals surface area contributed by atoms with E-state index in [0.717, 1.165) is 82.7 Å². The number of nitrogens with one attached hydrogen (secondary N) is 1. The lowest BCUT2D eigenvalue weighted by Gasteiger charge is -2.56. The van der Waals surface area contributed by atoms with Gasteiger partial charge in [0.05, 0.1) is 24.7 Å². The number of benzene rings is 1. The molecule has 4 bridgehead atoms. The van der Waals surface area contributed by atoms with Crippen molar-refractivity contribution in [2.75, 3.05) is 39.4 Å². The smallest absolute Gasteiger partial charge is 0.242 e. The van der Waals surface area contributed by atoms with Gasteiger partial charge >= 0.3 is 0 Å². The highest BCUT2D eigenvalue weighted by Gasteiger charge is 2.56. The van der Waals surface area contributed by atoms with Crippen molar-refractivity contribution in [3.63, 3.8) is 0 Å². The molecule has 6 aliphatic rings. The van der Waals surface area contributed by atoms with Gasteiger partial charge in [0.1, 0.15) is 6.04 Å². The first-order valence-corrected chi connectivity index (χ1v) is 14.0. The second kappa shape index (κ2) is 9.51. The molecule has 0 spiro atoms. The van der Waals surface area contributed by atoms with Crippen LogP contribution in [-0.4, -0.2) is 67.0 Å². The highest BCUT2D eigenvalue weighted by molar-refractivity contribution is 5.91. The first-order valence-electron chi connectivity index (χ1n) is 14.0. The molecular formula is C29H41N3O3. The summed E-state index contributed by atoms with van der Waals surface area (Å²) in [6.45, 7) is 6.60. The van der Waals surface area contributed by atoms with E-state index < -0.39 is 0 Å². The van der Waals surface area contributed by atoms with Crippen LogP contribution in [0.5, 0.6) is 0 Å². The Labute approximate surface area is 209 Å². The fraction of sp³-hybridized carbons (Fsp3) is 0.724. The molecule has 0 radical (unpaired) electrons. The number of rotatable bonds is 6. The Morgan fingerprint density at radius 3 is 2.26 bits per heavy atom. The van der Waals surface area contributed by atoms with Crippen LogP contribution in [0.3, 0.4) is 0 Å². The summed E-state index contributed by atoms with van der Waals surface area (Å²) in [5, 5.41) is 3.28. The topological polar surface area (TPSA) is 61.9 Å². The summed E-state index contributed by atoms with van der Waals surface area (Å²) >= 11 is 0. The van der Waals surface area contributed by atoms with Crippen LogP contribution in [0.4, 0.5) is 0 Å². The van der Waals surface area contributed by atoms with Crippen LogP contribution in [0.25, 0.3) is 0 Å². The van der Waals surface area contributed by atoms with E-state index in [-0.39, 0.29) is 23.4 Å². The largest absolute Gasteiger partial charge is 0.379 e. The van der Waals surface area contributed by atoms with Gasteiger partial charge in [-0.3, -0.25) is 14.5 Å². The summed E-state index contributed by atoms with van der Waals surface area (Å²) in [6, 6.07) is 8.47. The van der Waals surface area contributed by atoms with Crippen molar-refractivity contribution in [1.29, 1.82) is 0 Å². The second-order valence-electron chi connectivity index (χ2n) is 12.2. The van der Waals surface area contributed by atoms with Crippen LogP contribution in [-0.2, 0) is 14.3 Å². The molecule has 6 fully saturated rings. The second-order valence-corrected chi connectivity index (χ2v) is 12.2. The van der Waals surface area contributed by atoms with Crippen molar-refractivity contribution in [2.45, 2.75) is 70.4 Å². The number of ether oxygens (including phenoxy) is 1. The summed E-state index contributed by atoms with van der Waals surface area (Å²) in [6.07, 6.45) is 8.91. The van der Waals surface area contributed by atoms with E-state index >= 15 is 0 Å². The monoisotopic (exact) mass is 479 g/mol. The van der Waals surface area contributed by atoms with Crippen LogP contribution in [0.2, 0.25) is 0 Å². The van der Waals surface area contributed by atoms with E-state index in [1.54, 1.807) is 0 Å². The number of likely N-dealkylation sites (tertiary alicyclic amines) is 1. The lowest BCUT2D eigenvalue weighted by Crippen LogP contribution is -2.57. The van der Waals surface area contributed by atoms with Gasteiger partial charge in [-0.15, -0.1) is 0 Å². The van der Waals surface area contributed by atoms with Crippen molar-refractivity contribution in [3.05, 3.63) is 35.4 Å². The summed E-state index contributed by atoms with van der Waals surface area (Å²) in [5.41, 5.74) is 2.30. The molecule has 0 aromatic heterocycles. The Hall–Kier alpha value is -1.92. The summed E-state index contributed by atoms with van der Waals surface area (Å²) < 4.78 is 5.58. The van der Waals surface area contributed by atoms with E-state index in [2.05, 4.69) is 41.4 Å². The zero-order valence-electron chi connectivity index (χ0n) is 21.2. The number of hydrogen-bond acceptors (Lipinski definition) is 4. The normalized spacial score (nSPS) is 35.3. The fourth-order valence-corrected chi connectivity index (χ4v) is 8.41. The third-order valence-electron chi connectivity index (χ3n) is 9.73. The molecule has 4 saturated carbocycles. The number of morpholine rings is 1. The third kappa shape index (κ3) is 4.53. The standard InChI is InChI=1S/C29H41N3O3/c1-20-4-6-24(7-5-20)26(31-9-11-35-12-10-31)19-30-27(33)25-3-2-8-32(25)28(34)29-16-21-13-22(17-29)15-23(14-21)18-29/h4-7,21-23,25-26H,2-3,8-19H2,1H3,(H,30,33). The maximum atomic E-state index is 14.0. The Balaban J connectivity index is 1.14. The molecule has 7 rings (SSSR count). The van der Waals surface area contributed by atoms with Gasteiger partial charge in [0.2, 0.25) is 11.8 Å². The Bertz CT molecular complexity index is 904. The number of hydrogen-bond donors (Lipinski definition) is 1. The van der Waals surface area contributed by atoms with Crippen molar-refractivity contribution in [3.8, 4) is 0 Å². The zero-order chi connectivity index (χ0) is 24.0. The third-order valence-corrected chi connectivity index (χ3v) is 9.73. The van der Waals surface area contributed by atoms with E-state index in [1.807, 2.05) is 4.90 Å². The predicted molar refractivity (Wildman–Crippen MR) is 135 cm³/mol. The predicted octanol–water partition coefficient (Wildman–Crippen LogP) is 3.69. The molecule has 2 atom stereocenters. The van der Waals surface area contributed by atoms with E-state index in [9.17, 15) is 9.59 Å². The van der Waals surface area contributed by atoms with Gasteiger partial charge in [-0.2, -0.15) is 0 Å². The lowest BCUT2D eigenvalue weighted by molar-refractivity contribution is -0.160. The molecule has 35 heavy (non-hydrogen) atoms. The average Bonchev–Trinajstić information content (AvgIpc) is 3.34. The van der Waals surface area contributed by atoms with Crippen molar-refractivity contribution >= 4 is 11.8 Å². The number of carbonyl (C=O) groups excluding carboxylic acids is 2. The molecule has 1 aromatic carbocycles. The van der Waals surface area contributed by atoms with Gasteiger partial charge in [-0.05, 0) is 81.6 Å². The van der Waals surface area contributed by atoms with E-state index in [0.29, 0.717) is 12.5 Å². The zero-order valence-corrected chi connectivity index (χ0v) is 21.2. The van der Waals surface area contributed by atoms with Crippen LogP contribution < -0.4 is 5.32 Å².